The Labute approximate surface area is 181 Å². The Morgan fingerprint density at radius 3 is 2.74 bits per heavy atom. The van der Waals surface area contributed by atoms with E-state index in [9.17, 15) is 0 Å². The number of anilines is 1. The molecule has 0 radical (unpaired) electrons. The van der Waals surface area contributed by atoms with Gasteiger partial charge in [0.1, 0.15) is 17.4 Å². The SMILES string of the molecule is N#Cc1ccc(Cn2nccc2-c2cc(Cl)c3nnn(-c4ccnc(N)c4)c3c2)nc1. The summed E-state index contributed by atoms with van der Waals surface area (Å²) in [5.74, 6) is 0.386. The summed E-state index contributed by atoms with van der Waals surface area (Å²) >= 11 is 6.53. The van der Waals surface area contributed by atoms with Crippen molar-refractivity contribution in [2.45, 2.75) is 6.54 Å². The van der Waals surface area contributed by atoms with E-state index in [2.05, 4.69) is 31.4 Å². The molecule has 9 nitrogen and oxygen atoms in total. The van der Waals surface area contributed by atoms with Crippen molar-refractivity contribution in [3.63, 3.8) is 0 Å². The highest BCUT2D eigenvalue weighted by Crippen LogP contribution is 2.31. The summed E-state index contributed by atoms with van der Waals surface area (Å²) in [4.78, 5) is 8.35. The molecule has 2 N–H and O–H groups in total. The molecule has 0 aliphatic rings. The van der Waals surface area contributed by atoms with Crippen LogP contribution in [-0.4, -0.2) is 34.7 Å². The summed E-state index contributed by atoms with van der Waals surface area (Å²) in [6.07, 6.45) is 4.88. The minimum absolute atomic E-state index is 0.386. The van der Waals surface area contributed by atoms with E-state index in [-0.39, 0.29) is 0 Å². The van der Waals surface area contributed by atoms with Crippen LogP contribution in [0.1, 0.15) is 11.3 Å². The molecule has 150 valence electrons. The van der Waals surface area contributed by atoms with Crippen LogP contribution in [0.25, 0.3) is 28.0 Å². The van der Waals surface area contributed by atoms with Gasteiger partial charge in [-0.2, -0.15) is 10.4 Å². The fourth-order valence-electron chi connectivity index (χ4n) is 3.33. The molecule has 0 bridgehead atoms. The number of hydrogen-bond acceptors (Lipinski definition) is 7. The summed E-state index contributed by atoms with van der Waals surface area (Å²) in [5.41, 5.74) is 10.9. The highest BCUT2D eigenvalue weighted by molar-refractivity contribution is 6.35. The van der Waals surface area contributed by atoms with Gasteiger partial charge in [-0.3, -0.25) is 9.67 Å². The van der Waals surface area contributed by atoms with Crippen molar-refractivity contribution in [3.8, 4) is 23.0 Å². The van der Waals surface area contributed by atoms with Crippen LogP contribution in [0.3, 0.4) is 0 Å². The average Bonchev–Trinajstić information content (AvgIpc) is 3.41. The van der Waals surface area contributed by atoms with Crippen molar-refractivity contribution in [3.05, 3.63) is 77.3 Å². The summed E-state index contributed by atoms with van der Waals surface area (Å²) in [7, 11) is 0. The van der Waals surface area contributed by atoms with Gasteiger partial charge in [0.2, 0.25) is 0 Å². The van der Waals surface area contributed by atoms with Crippen LogP contribution >= 0.6 is 11.6 Å². The quantitative estimate of drug-likeness (QED) is 0.466. The van der Waals surface area contributed by atoms with E-state index in [1.807, 2.05) is 28.9 Å². The summed E-state index contributed by atoms with van der Waals surface area (Å²) in [5, 5.41) is 22.3. The van der Waals surface area contributed by atoms with E-state index >= 15 is 0 Å². The average molecular weight is 428 g/mol. The van der Waals surface area contributed by atoms with Crippen LogP contribution in [0.2, 0.25) is 5.02 Å². The number of fused-ring (bicyclic) bond motifs is 1. The lowest BCUT2D eigenvalue weighted by atomic mass is 10.1. The van der Waals surface area contributed by atoms with Crippen LogP contribution < -0.4 is 5.73 Å². The van der Waals surface area contributed by atoms with Crippen molar-refractivity contribution in [2.24, 2.45) is 0 Å². The van der Waals surface area contributed by atoms with Crippen LogP contribution in [0, 0.1) is 11.3 Å². The van der Waals surface area contributed by atoms with Crippen LogP contribution in [0.5, 0.6) is 0 Å². The number of hydrogen-bond donors (Lipinski definition) is 1. The molecule has 0 amide bonds. The van der Waals surface area contributed by atoms with Crippen molar-refractivity contribution in [1.29, 1.82) is 5.26 Å². The molecule has 0 saturated heterocycles. The smallest absolute Gasteiger partial charge is 0.132 e. The molecule has 1 aromatic carbocycles. The molecule has 0 saturated carbocycles. The Balaban J connectivity index is 1.58. The largest absolute Gasteiger partial charge is 0.384 e. The Morgan fingerprint density at radius 1 is 1.06 bits per heavy atom. The second-order valence-electron chi connectivity index (χ2n) is 6.79. The zero-order valence-corrected chi connectivity index (χ0v) is 16.8. The Kier molecular flexibility index (Phi) is 4.54. The maximum absolute atomic E-state index is 8.95. The van der Waals surface area contributed by atoms with Gasteiger partial charge in [-0.05, 0) is 36.4 Å². The van der Waals surface area contributed by atoms with E-state index < -0.39 is 0 Å². The molecular formula is C21H14ClN9. The zero-order valence-electron chi connectivity index (χ0n) is 16.0. The van der Waals surface area contributed by atoms with Gasteiger partial charge in [-0.15, -0.1) is 5.10 Å². The molecule has 0 spiro atoms. The number of nitrogens with zero attached hydrogens (tertiary/aromatic N) is 8. The number of aromatic nitrogens is 7. The van der Waals surface area contributed by atoms with E-state index in [0.29, 0.717) is 28.5 Å². The summed E-state index contributed by atoms with van der Waals surface area (Å²) < 4.78 is 3.50. The third-order valence-corrected chi connectivity index (χ3v) is 5.08. The maximum Gasteiger partial charge on any atom is 0.132 e. The lowest BCUT2D eigenvalue weighted by Gasteiger charge is -2.09. The van der Waals surface area contributed by atoms with E-state index in [1.165, 1.54) is 0 Å². The minimum atomic E-state index is 0.386. The zero-order chi connectivity index (χ0) is 21.4. The molecule has 4 aromatic heterocycles. The Bertz CT molecular complexity index is 1440. The van der Waals surface area contributed by atoms with Gasteiger partial charge in [0.25, 0.3) is 0 Å². The van der Waals surface area contributed by atoms with Gasteiger partial charge in [-0.25, -0.2) is 9.67 Å². The molecule has 5 rings (SSSR count). The fourth-order valence-corrected chi connectivity index (χ4v) is 3.58. The van der Waals surface area contributed by atoms with Gasteiger partial charge in [0.05, 0.1) is 39.7 Å². The first-order chi connectivity index (χ1) is 15.1. The number of nitrogens with two attached hydrogens (primary N) is 1. The molecule has 0 aliphatic heterocycles. The number of nitrogen functional groups attached to an aromatic ring is 1. The molecule has 0 fully saturated rings. The molecule has 10 heteroatoms. The fraction of sp³-hybridized carbons (Fsp3) is 0.0476. The number of halogens is 1. The monoisotopic (exact) mass is 427 g/mol. The first-order valence-electron chi connectivity index (χ1n) is 9.26. The van der Waals surface area contributed by atoms with E-state index in [0.717, 1.165) is 28.2 Å². The third kappa shape index (κ3) is 3.45. The maximum atomic E-state index is 8.95. The van der Waals surface area contributed by atoms with E-state index in [1.54, 1.807) is 41.5 Å². The van der Waals surface area contributed by atoms with Gasteiger partial charge in [-0.1, -0.05) is 16.8 Å². The Morgan fingerprint density at radius 2 is 1.97 bits per heavy atom. The third-order valence-electron chi connectivity index (χ3n) is 4.79. The van der Waals surface area contributed by atoms with Crippen molar-refractivity contribution < 1.29 is 0 Å². The molecule has 4 heterocycles. The molecular weight excluding hydrogens is 414 g/mol. The van der Waals surface area contributed by atoms with Gasteiger partial charge in [0, 0.05) is 30.2 Å². The number of nitriles is 1. The normalized spacial score (nSPS) is 11.0. The lowest BCUT2D eigenvalue weighted by molar-refractivity contribution is 0.680. The highest BCUT2D eigenvalue weighted by Gasteiger charge is 2.15. The molecule has 0 unspecified atom stereocenters. The molecule has 0 atom stereocenters. The van der Waals surface area contributed by atoms with Crippen LogP contribution in [0.4, 0.5) is 5.82 Å². The van der Waals surface area contributed by atoms with Crippen LogP contribution in [0.15, 0.2) is 61.1 Å². The first-order valence-corrected chi connectivity index (χ1v) is 9.64. The number of pyridine rings is 2. The summed E-state index contributed by atoms with van der Waals surface area (Å²) in [6.45, 7) is 0.447. The standard InChI is InChI=1S/C21H14ClN9/c22-17-7-14(8-19-21(17)28-29-31(19)16-3-5-25-20(24)9-16)18-4-6-27-30(18)12-15-2-1-13(10-23)11-26-15/h1-9,11H,12H2,(H2,24,25). The molecule has 5 aromatic rings. The summed E-state index contributed by atoms with van der Waals surface area (Å²) in [6, 6.07) is 14.8. The number of benzene rings is 1. The topological polar surface area (TPSA) is 124 Å². The van der Waals surface area contributed by atoms with Crippen molar-refractivity contribution >= 4 is 28.5 Å². The van der Waals surface area contributed by atoms with Gasteiger partial charge in [0.15, 0.2) is 0 Å². The van der Waals surface area contributed by atoms with Crippen molar-refractivity contribution in [1.82, 2.24) is 34.7 Å². The van der Waals surface area contributed by atoms with Gasteiger partial charge < -0.3 is 5.73 Å². The predicted octanol–water partition coefficient (Wildman–Crippen LogP) is 3.23. The van der Waals surface area contributed by atoms with Crippen LogP contribution in [-0.2, 0) is 6.54 Å². The predicted molar refractivity (Wildman–Crippen MR) is 115 cm³/mol. The molecule has 31 heavy (non-hydrogen) atoms. The molecule has 0 aliphatic carbocycles. The highest BCUT2D eigenvalue weighted by atomic mass is 35.5. The minimum Gasteiger partial charge on any atom is -0.384 e. The second kappa shape index (κ2) is 7.51. The number of rotatable bonds is 4. The van der Waals surface area contributed by atoms with Crippen molar-refractivity contribution in [2.75, 3.05) is 5.73 Å². The van der Waals surface area contributed by atoms with E-state index in [4.69, 9.17) is 22.6 Å². The Hall–Kier alpha value is -4.29. The van der Waals surface area contributed by atoms with Gasteiger partial charge >= 0.3 is 0 Å². The first kappa shape index (κ1) is 18.7. The lowest BCUT2D eigenvalue weighted by Crippen LogP contribution is -2.05. The second-order valence-corrected chi connectivity index (χ2v) is 7.20.